The molecule has 0 aliphatic carbocycles. The molecule has 0 unspecified atom stereocenters. The third-order valence-corrected chi connectivity index (χ3v) is 3.00. The second kappa shape index (κ2) is 5.00. The van der Waals surface area contributed by atoms with Gasteiger partial charge in [0.2, 0.25) is 0 Å². The van der Waals surface area contributed by atoms with Crippen molar-refractivity contribution < 1.29 is 23.8 Å². The summed E-state index contributed by atoms with van der Waals surface area (Å²) in [6.07, 6.45) is 0. The molecule has 0 saturated heterocycles. The molecule has 1 heterocycles. The van der Waals surface area contributed by atoms with Gasteiger partial charge in [0, 0.05) is 0 Å². The van der Waals surface area contributed by atoms with Gasteiger partial charge in [0.05, 0.1) is 10.0 Å². The van der Waals surface area contributed by atoms with Crippen molar-refractivity contribution in [3.8, 4) is 17.1 Å². The summed E-state index contributed by atoms with van der Waals surface area (Å²) >= 11 is 2.80. The molecular weight excluding hydrogens is 340 g/mol. The Balaban J connectivity index is 2.71. The van der Waals surface area contributed by atoms with Gasteiger partial charge >= 0.3 is 5.97 Å². The van der Waals surface area contributed by atoms with Crippen LogP contribution in [0.1, 0.15) is 10.5 Å². The highest BCUT2D eigenvalue weighted by molar-refractivity contribution is 9.10. The van der Waals surface area contributed by atoms with Crippen molar-refractivity contribution in [2.45, 2.75) is 0 Å². The fourth-order valence-electron chi connectivity index (χ4n) is 1.44. The molecule has 2 rings (SSSR count). The molecule has 0 aliphatic rings. The minimum Gasteiger partial charge on any atom is -0.503 e. The van der Waals surface area contributed by atoms with Crippen molar-refractivity contribution in [1.82, 2.24) is 9.97 Å². The Kier molecular flexibility index (Phi) is 3.53. The summed E-state index contributed by atoms with van der Waals surface area (Å²) in [6, 6.07) is 2.36. The molecule has 1 aromatic heterocycles. The van der Waals surface area contributed by atoms with Gasteiger partial charge in [0.15, 0.2) is 34.7 Å². The van der Waals surface area contributed by atoms with Gasteiger partial charge in [-0.05, 0) is 28.1 Å². The molecule has 0 bridgehead atoms. The predicted octanol–water partition coefficient (Wildman–Crippen LogP) is 2.17. The maximum atomic E-state index is 13.8. The van der Waals surface area contributed by atoms with E-state index in [1.807, 2.05) is 0 Å². The Labute approximate surface area is 119 Å². The average Bonchev–Trinajstić information content (AvgIpc) is 2.39. The van der Waals surface area contributed by atoms with E-state index in [4.69, 9.17) is 10.8 Å². The Hall–Kier alpha value is -2.29. The van der Waals surface area contributed by atoms with Crippen LogP contribution in [0.2, 0.25) is 0 Å². The van der Waals surface area contributed by atoms with E-state index in [1.54, 1.807) is 0 Å². The maximum Gasteiger partial charge on any atom is 0.358 e. The molecule has 1 aromatic carbocycles. The van der Waals surface area contributed by atoms with Gasteiger partial charge in [-0.1, -0.05) is 0 Å². The van der Waals surface area contributed by atoms with E-state index in [0.29, 0.717) is 0 Å². The standard InChI is InChI=1S/C11H6BrF2N3O3/c12-4-2-1-3(5(13)6(4)14)10-16-7(11(19)20)8(18)9(15)17-10/h1-2,18H,(H,19,20)(H2,15,16,17). The number of carboxylic acid groups (broad SMARTS) is 1. The normalized spacial score (nSPS) is 10.6. The Morgan fingerprint density at radius 3 is 2.50 bits per heavy atom. The number of carbonyl (C=O) groups is 1. The first kappa shape index (κ1) is 14.1. The highest BCUT2D eigenvalue weighted by Gasteiger charge is 2.21. The zero-order valence-corrected chi connectivity index (χ0v) is 11.1. The lowest BCUT2D eigenvalue weighted by molar-refractivity contribution is 0.0687. The number of hydrogen-bond acceptors (Lipinski definition) is 5. The highest BCUT2D eigenvalue weighted by Crippen LogP contribution is 2.30. The van der Waals surface area contributed by atoms with Crippen LogP contribution in [-0.2, 0) is 0 Å². The largest absolute Gasteiger partial charge is 0.503 e. The lowest BCUT2D eigenvalue weighted by Gasteiger charge is -2.07. The van der Waals surface area contributed by atoms with Gasteiger partial charge < -0.3 is 15.9 Å². The van der Waals surface area contributed by atoms with Gasteiger partial charge in [-0.25, -0.2) is 23.5 Å². The summed E-state index contributed by atoms with van der Waals surface area (Å²) in [4.78, 5) is 17.9. The van der Waals surface area contributed by atoms with E-state index in [1.165, 1.54) is 6.07 Å². The number of aromatic hydroxyl groups is 1. The molecule has 0 saturated carbocycles. The number of carboxylic acids is 1. The van der Waals surface area contributed by atoms with E-state index < -0.39 is 40.7 Å². The minimum atomic E-state index is -1.57. The fraction of sp³-hybridized carbons (Fsp3) is 0. The monoisotopic (exact) mass is 345 g/mol. The van der Waals surface area contributed by atoms with Crippen LogP contribution < -0.4 is 5.73 Å². The summed E-state index contributed by atoms with van der Waals surface area (Å²) in [6.45, 7) is 0. The lowest BCUT2D eigenvalue weighted by atomic mass is 10.2. The van der Waals surface area contributed by atoms with E-state index in [-0.39, 0.29) is 10.0 Å². The van der Waals surface area contributed by atoms with Crippen LogP contribution in [0.15, 0.2) is 16.6 Å². The molecule has 0 fully saturated rings. The third-order valence-electron chi connectivity index (χ3n) is 2.39. The van der Waals surface area contributed by atoms with Crippen LogP contribution in [0.3, 0.4) is 0 Å². The van der Waals surface area contributed by atoms with Crippen LogP contribution >= 0.6 is 15.9 Å². The summed E-state index contributed by atoms with van der Waals surface area (Å²) in [5, 5.41) is 18.2. The minimum absolute atomic E-state index is 0.107. The number of halogens is 3. The zero-order valence-electron chi connectivity index (χ0n) is 9.56. The summed E-state index contributed by atoms with van der Waals surface area (Å²) in [7, 11) is 0. The summed E-state index contributed by atoms with van der Waals surface area (Å²) in [5.74, 6) is -5.83. The van der Waals surface area contributed by atoms with Crippen molar-refractivity contribution in [1.29, 1.82) is 0 Å². The van der Waals surface area contributed by atoms with E-state index in [2.05, 4.69) is 25.9 Å². The molecule has 104 valence electrons. The Morgan fingerprint density at radius 1 is 1.25 bits per heavy atom. The van der Waals surface area contributed by atoms with Crippen molar-refractivity contribution in [3.63, 3.8) is 0 Å². The number of rotatable bonds is 2. The second-order valence-corrected chi connectivity index (χ2v) is 4.51. The first-order valence-corrected chi connectivity index (χ1v) is 5.86. The molecule has 2 aromatic rings. The number of nitrogens with two attached hydrogens (primary N) is 1. The van der Waals surface area contributed by atoms with Crippen LogP contribution in [-0.4, -0.2) is 26.2 Å². The quantitative estimate of drug-likeness (QED) is 0.719. The first-order chi connectivity index (χ1) is 9.32. The molecule has 4 N–H and O–H groups in total. The number of aromatic nitrogens is 2. The van der Waals surface area contributed by atoms with Gasteiger partial charge in [-0.15, -0.1) is 0 Å². The second-order valence-electron chi connectivity index (χ2n) is 3.66. The van der Waals surface area contributed by atoms with Gasteiger partial charge in [0.1, 0.15) is 0 Å². The molecule has 0 atom stereocenters. The summed E-state index contributed by atoms with van der Waals surface area (Å²) in [5.41, 5.74) is 4.15. The van der Waals surface area contributed by atoms with Crippen molar-refractivity contribution >= 4 is 27.7 Å². The van der Waals surface area contributed by atoms with Crippen LogP contribution in [0.5, 0.6) is 5.75 Å². The molecule has 0 spiro atoms. The Bertz CT molecular complexity index is 725. The van der Waals surface area contributed by atoms with E-state index in [9.17, 15) is 18.7 Å². The third kappa shape index (κ3) is 2.27. The first-order valence-electron chi connectivity index (χ1n) is 5.06. The zero-order chi connectivity index (χ0) is 15.0. The number of nitrogens with zero attached hydrogens (tertiary/aromatic N) is 2. The lowest BCUT2D eigenvalue weighted by Crippen LogP contribution is -2.07. The molecule has 6 nitrogen and oxygen atoms in total. The molecule has 0 amide bonds. The smallest absolute Gasteiger partial charge is 0.358 e. The van der Waals surface area contributed by atoms with Gasteiger partial charge in [0.25, 0.3) is 0 Å². The predicted molar refractivity (Wildman–Crippen MR) is 68.1 cm³/mol. The van der Waals surface area contributed by atoms with Crippen molar-refractivity contribution in [2.24, 2.45) is 0 Å². The summed E-state index contributed by atoms with van der Waals surface area (Å²) < 4.78 is 27.1. The molecule has 0 aliphatic heterocycles. The number of benzene rings is 1. The average molecular weight is 346 g/mol. The van der Waals surface area contributed by atoms with Crippen molar-refractivity contribution in [3.05, 3.63) is 33.9 Å². The molecule has 20 heavy (non-hydrogen) atoms. The van der Waals surface area contributed by atoms with Crippen LogP contribution in [0.25, 0.3) is 11.4 Å². The van der Waals surface area contributed by atoms with Gasteiger partial charge in [-0.2, -0.15) is 0 Å². The number of hydrogen-bond donors (Lipinski definition) is 3. The van der Waals surface area contributed by atoms with Crippen molar-refractivity contribution in [2.75, 3.05) is 5.73 Å². The fourth-order valence-corrected chi connectivity index (χ4v) is 1.75. The van der Waals surface area contributed by atoms with Crippen LogP contribution in [0, 0.1) is 11.6 Å². The Morgan fingerprint density at radius 2 is 1.90 bits per heavy atom. The SMILES string of the molecule is Nc1nc(-c2ccc(Br)c(F)c2F)nc(C(=O)O)c1O. The molecular formula is C11H6BrF2N3O3. The molecule has 0 radical (unpaired) electrons. The molecule has 9 heteroatoms. The van der Waals surface area contributed by atoms with E-state index in [0.717, 1.165) is 6.07 Å². The highest BCUT2D eigenvalue weighted by atomic mass is 79.9. The number of anilines is 1. The van der Waals surface area contributed by atoms with Crippen LogP contribution in [0.4, 0.5) is 14.6 Å². The maximum absolute atomic E-state index is 13.8. The number of aromatic carboxylic acids is 1. The topological polar surface area (TPSA) is 109 Å². The van der Waals surface area contributed by atoms with E-state index >= 15 is 0 Å². The van der Waals surface area contributed by atoms with Gasteiger partial charge in [-0.3, -0.25) is 0 Å². The number of nitrogen functional groups attached to an aromatic ring is 1.